The van der Waals surface area contributed by atoms with Crippen molar-refractivity contribution in [2.24, 2.45) is 5.41 Å². The second-order valence-corrected chi connectivity index (χ2v) is 8.02. The second kappa shape index (κ2) is 9.65. The van der Waals surface area contributed by atoms with E-state index in [1.807, 2.05) is 55.5 Å². The van der Waals surface area contributed by atoms with Crippen molar-refractivity contribution in [3.05, 3.63) is 59.7 Å². The first-order valence-electron chi connectivity index (χ1n) is 10.5. The number of benzene rings is 2. The second-order valence-electron chi connectivity index (χ2n) is 8.02. The first-order chi connectivity index (χ1) is 14.4. The van der Waals surface area contributed by atoms with E-state index in [0.29, 0.717) is 32.5 Å². The van der Waals surface area contributed by atoms with Crippen LogP contribution in [0.2, 0.25) is 0 Å². The lowest BCUT2D eigenvalue weighted by molar-refractivity contribution is -0.132. The van der Waals surface area contributed by atoms with Crippen LogP contribution in [0.1, 0.15) is 37.8 Å². The molecule has 6 nitrogen and oxygen atoms in total. The van der Waals surface area contributed by atoms with E-state index in [-0.39, 0.29) is 11.9 Å². The molecule has 1 fully saturated rings. The van der Waals surface area contributed by atoms with Crippen LogP contribution in [0, 0.1) is 5.41 Å². The predicted molar refractivity (Wildman–Crippen MR) is 119 cm³/mol. The Kier molecular flexibility index (Phi) is 6.98. The summed E-state index contributed by atoms with van der Waals surface area (Å²) in [6, 6.07) is 15.4. The van der Waals surface area contributed by atoms with Gasteiger partial charge in [0.05, 0.1) is 7.11 Å². The van der Waals surface area contributed by atoms with Gasteiger partial charge in [-0.05, 0) is 48.6 Å². The largest absolute Gasteiger partial charge is 0.497 e. The first-order valence-corrected chi connectivity index (χ1v) is 10.5. The van der Waals surface area contributed by atoms with Gasteiger partial charge in [-0.15, -0.1) is 0 Å². The van der Waals surface area contributed by atoms with Crippen LogP contribution in [0.4, 0.5) is 10.5 Å². The van der Waals surface area contributed by atoms with Crippen molar-refractivity contribution in [2.45, 2.75) is 39.7 Å². The van der Waals surface area contributed by atoms with Crippen LogP contribution >= 0.6 is 0 Å². The van der Waals surface area contributed by atoms with Crippen LogP contribution in [0.5, 0.6) is 5.75 Å². The third-order valence-corrected chi connectivity index (χ3v) is 5.95. The maximum Gasteiger partial charge on any atom is 0.321 e. The summed E-state index contributed by atoms with van der Waals surface area (Å²) in [4.78, 5) is 27.3. The van der Waals surface area contributed by atoms with Crippen molar-refractivity contribution < 1.29 is 14.3 Å². The van der Waals surface area contributed by atoms with Crippen molar-refractivity contribution in [1.29, 1.82) is 0 Å². The highest BCUT2D eigenvalue weighted by Crippen LogP contribution is 2.31. The molecule has 0 radical (unpaired) electrons. The van der Waals surface area contributed by atoms with Gasteiger partial charge in [0, 0.05) is 30.7 Å². The number of para-hydroxylation sites is 1. The fourth-order valence-electron chi connectivity index (χ4n) is 3.71. The molecule has 0 spiro atoms. The SMILES string of the molecule is CCc1ccccc1NC(=O)N1CCC(C)(C(=O)NCc2ccc(OC)cc2)CC1. The number of ether oxygens (including phenoxy) is 1. The van der Waals surface area contributed by atoms with Gasteiger partial charge in [0.1, 0.15) is 5.75 Å². The average molecular weight is 410 g/mol. The molecule has 2 aromatic rings. The van der Waals surface area contributed by atoms with Gasteiger partial charge in [-0.3, -0.25) is 4.79 Å². The standard InChI is InChI=1S/C24H31N3O3/c1-4-19-7-5-6-8-21(19)26-23(29)27-15-13-24(2,14-16-27)22(28)25-17-18-9-11-20(30-3)12-10-18/h5-12H,4,13-17H2,1-3H3,(H,25,28)(H,26,29). The molecule has 0 atom stereocenters. The summed E-state index contributed by atoms with van der Waals surface area (Å²) < 4.78 is 5.16. The van der Waals surface area contributed by atoms with Gasteiger partial charge in [-0.1, -0.05) is 44.2 Å². The van der Waals surface area contributed by atoms with E-state index in [2.05, 4.69) is 17.6 Å². The molecule has 0 saturated carbocycles. The molecule has 2 N–H and O–H groups in total. The van der Waals surface area contributed by atoms with Crippen LogP contribution in [-0.2, 0) is 17.8 Å². The third kappa shape index (κ3) is 5.12. The van der Waals surface area contributed by atoms with Gasteiger partial charge in [0.15, 0.2) is 0 Å². The monoisotopic (exact) mass is 409 g/mol. The summed E-state index contributed by atoms with van der Waals surface area (Å²) in [5.41, 5.74) is 2.53. The zero-order chi connectivity index (χ0) is 21.6. The lowest BCUT2D eigenvalue weighted by atomic mass is 9.79. The number of piperidine rings is 1. The molecule has 1 heterocycles. The molecule has 3 rings (SSSR count). The molecule has 30 heavy (non-hydrogen) atoms. The summed E-state index contributed by atoms with van der Waals surface area (Å²) in [6.07, 6.45) is 2.15. The molecule has 1 aliphatic rings. The number of hydrogen-bond donors (Lipinski definition) is 2. The maximum absolute atomic E-state index is 12.8. The number of amides is 3. The van der Waals surface area contributed by atoms with E-state index in [1.54, 1.807) is 12.0 Å². The zero-order valence-corrected chi connectivity index (χ0v) is 18.0. The van der Waals surface area contributed by atoms with Crippen LogP contribution < -0.4 is 15.4 Å². The number of urea groups is 1. The lowest BCUT2D eigenvalue weighted by Crippen LogP contribution is -2.49. The van der Waals surface area contributed by atoms with E-state index < -0.39 is 5.41 Å². The van der Waals surface area contributed by atoms with Crippen molar-refractivity contribution >= 4 is 17.6 Å². The molecular weight excluding hydrogens is 378 g/mol. The Labute approximate surface area is 178 Å². The smallest absolute Gasteiger partial charge is 0.321 e. The average Bonchev–Trinajstić information content (AvgIpc) is 2.78. The minimum atomic E-state index is -0.468. The number of likely N-dealkylation sites (tertiary alicyclic amines) is 1. The van der Waals surface area contributed by atoms with E-state index >= 15 is 0 Å². The van der Waals surface area contributed by atoms with Gasteiger partial charge in [-0.2, -0.15) is 0 Å². The minimum absolute atomic E-state index is 0.0368. The van der Waals surface area contributed by atoms with Gasteiger partial charge in [0.25, 0.3) is 0 Å². The van der Waals surface area contributed by atoms with E-state index in [0.717, 1.165) is 29.0 Å². The zero-order valence-electron chi connectivity index (χ0n) is 18.0. The van der Waals surface area contributed by atoms with Gasteiger partial charge in [0.2, 0.25) is 5.91 Å². The van der Waals surface area contributed by atoms with Crippen molar-refractivity contribution in [3.63, 3.8) is 0 Å². The number of nitrogens with zero attached hydrogens (tertiary/aromatic N) is 1. The van der Waals surface area contributed by atoms with Crippen LogP contribution in [0.25, 0.3) is 0 Å². The fraction of sp³-hybridized carbons (Fsp3) is 0.417. The number of carbonyl (C=O) groups excluding carboxylic acids is 2. The van der Waals surface area contributed by atoms with Crippen molar-refractivity contribution in [1.82, 2.24) is 10.2 Å². The first kappa shape index (κ1) is 21.7. The summed E-state index contributed by atoms with van der Waals surface area (Å²) in [5.74, 6) is 0.832. The molecule has 2 aromatic carbocycles. The number of hydrogen-bond acceptors (Lipinski definition) is 3. The topological polar surface area (TPSA) is 70.7 Å². The Hall–Kier alpha value is -3.02. The number of carbonyl (C=O) groups is 2. The fourth-order valence-corrected chi connectivity index (χ4v) is 3.71. The quantitative estimate of drug-likeness (QED) is 0.751. The minimum Gasteiger partial charge on any atom is -0.497 e. The molecule has 0 aromatic heterocycles. The Bertz CT molecular complexity index is 872. The number of aryl methyl sites for hydroxylation is 1. The maximum atomic E-state index is 12.8. The predicted octanol–water partition coefficient (Wildman–Crippen LogP) is 4.21. The molecule has 1 saturated heterocycles. The van der Waals surface area contributed by atoms with Crippen molar-refractivity contribution in [3.8, 4) is 5.75 Å². The molecular formula is C24H31N3O3. The Morgan fingerprint density at radius 3 is 2.37 bits per heavy atom. The Balaban J connectivity index is 1.51. The number of nitrogens with one attached hydrogen (secondary N) is 2. The highest BCUT2D eigenvalue weighted by molar-refractivity contribution is 5.90. The Morgan fingerprint density at radius 1 is 1.07 bits per heavy atom. The molecule has 0 aliphatic carbocycles. The molecule has 1 aliphatic heterocycles. The Morgan fingerprint density at radius 2 is 1.73 bits per heavy atom. The lowest BCUT2D eigenvalue weighted by Gasteiger charge is -2.38. The third-order valence-electron chi connectivity index (χ3n) is 5.95. The van der Waals surface area contributed by atoms with E-state index in [4.69, 9.17) is 4.74 Å². The van der Waals surface area contributed by atoms with Crippen LogP contribution in [-0.4, -0.2) is 37.0 Å². The molecule has 6 heteroatoms. The number of rotatable bonds is 6. The van der Waals surface area contributed by atoms with Crippen molar-refractivity contribution in [2.75, 3.05) is 25.5 Å². The van der Waals surface area contributed by atoms with Crippen LogP contribution in [0.15, 0.2) is 48.5 Å². The molecule has 0 bridgehead atoms. The van der Waals surface area contributed by atoms with E-state index in [9.17, 15) is 9.59 Å². The summed E-state index contributed by atoms with van der Waals surface area (Å²) >= 11 is 0. The molecule has 160 valence electrons. The number of anilines is 1. The highest BCUT2D eigenvalue weighted by Gasteiger charge is 2.38. The summed E-state index contributed by atoms with van der Waals surface area (Å²) in [5, 5.41) is 6.07. The van der Waals surface area contributed by atoms with Gasteiger partial charge in [-0.25, -0.2) is 4.79 Å². The summed E-state index contributed by atoms with van der Waals surface area (Å²) in [7, 11) is 1.63. The summed E-state index contributed by atoms with van der Waals surface area (Å²) in [6.45, 7) is 5.66. The molecule has 3 amide bonds. The number of methoxy groups -OCH3 is 1. The van der Waals surface area contributed by atoms with Gasteiger partial charge >= 0.3 is 6.03 Å². The van der Waals surface area contributed by atoms with E-state index in [1.165, 1.54) is 0 Å². The van der Waals surface area contributed by atoms with Gasteiger partial charge < -0.3 is 20.3 Å². The molecule has 0 unspecified atom stereocenters. The normalized spacial score (nSPS) is 15.4. The van der Waals surface area contributed by atoms with Crippen LogP contribution in [0.3, 0.4) is 0 Å². The highest BCUT2D eigenvalue weighted by atomic mass is 16.5.